The number of phenols is 1. The van der Waals surface area contributed by atoms with Gasteiger partial charge in [0, 0.05) is 16.3 Å². The van der Waals surface area contributed by atoms with Crippen LogP contribution in [0.4, 0.5) is 11.5 Å². The highest BCUT2D eigenvalue weighted by atomic mass is 35.5. The molecular formula is C22H19ClN4O. The molecule has 2 heterocycles. The molecule has 0 radical (unpaired) electrons. The quantitative estimate of drug-likeness (QED) is 0.467. The molecule has 5 nitrogen and oxygen atoms in total. The van der Waals surface area contributed by atoms with Gasteiger partial charge in [-0.05, 0) is 60.2 Å². The van der Waals surface area contributed by atoms with Crippen LogP contribution < -0.4 is 11.5 Å². The van der Waals surface area contributed by atoms with Crippen LogP contribution in [0.1, 0.15) is 5.69 Å². The highest BCUT2D eigenvalue weighted by Gasteiger charge is 2.15. The van der Waals surface area contributed by atoms with Crippen molar-refractivity contribution in [1.82, 2.24) is 9.55 Å². The smallest absolute Gasteiger partial charge is 0.146 e. The number of pyridine rings is 1. The molecule has 2 aromatic carbocycles. The van der Waals surface area contributed by atoms with Gasteiger partial charge in [0.2, 0.25) is 0 Å². The van der Waals surface area contributed by atoms with Crippen molar-refractivity contribution in [2.75, 3.05) is 11.5 Å². The van der Waals surface area contributed by atoms with Gasteiger partial charge >= 0.3 is 0 Å². The molecule has 140 valence electrons. The number of hydrogen-bond acceptors (Lipinski definition) is 4. The summed E-state index contributed by atoms with van der Waals surface area (Å²) in [6, 6.07) is 22.5. The first-order valence-corrected chi connectivity index (χ1v) is 9.15. The minimum absolute atomic E-state index is 0.223. The molecule has 4 rings (SSSR count). The van der Waals surface area contributed by atoms with E-state index in [1.165, 1.54) is 0 Å². The van der Waals surface area contributed by atoms with E-state index in [0.717, 1.165) is 28.2 Å². The second-order valence-corrected chi connectivity index (χ2v) is 6.90. The molecule has 2 aromatic heterocycles. The topological polar surface area (TPSA) is 90.1 Å². The van der Waals surface area contributed by atoms with Crippen molar-refractivity contribution in [1.29, 1.82) is 0 Å². The number of nitrogens with two attached hydrogens (primary N) is 2. The van der Waals surface area contributed by atoms with Gasteiger partial charge in [0.25, 0.3) is 0 Å². The van der Waals surface area contributed by atoms with Crippen LogP contribution in [0.3, 0.4) is 0 Å². The molecule has 28 heavy (non-hydrogen) atoms. The molecule has 0 aliphatic carbocycles. The van der Waals surface area contributed by atoms with Gasteiger partial charge in [-0.1, -0.05) is 29.8 Å². The molecule has 0 saturated carbocycles. The van der Waals surface area contributed by atoms with Crippen LogP contribution >= 0.6 is 11.6 Å². The maximum absolute atomic E-state index is 9.62. The van der Waals surface area contributed by atoms with E-state index in [9.17, 15) is 5.11 Å². The number of aromatic nitrogens is 2. The first-order chi connectivity index (χ1) is 13.5. The van der Waals surface area contributed by atoms with Crippen LogP contribution in [-0.4, -0.2) is 14.7 Å². The zero-order valence-corrected chi connectivity index (χ0v) is 15.8. The summed E-state index contributed by atoms with van der Waals surface area (Å²) in [7, 11) is 0. The number of nitrogen functional groups attached to an aromatic ring is 2. The summed E-state index contributed by atoms with van der Waals surface area (Å²) >= 11 is 6.46. The van der Waals surface area contributed by atoms with E-state index < -0.39 is 0 Å². The van der Waals surface area contributed by atoms with E-state index in [2.05, 4.69) is 9.55 Å². The molecule has 0 fully saturated rings. The zero-order chi connectivity index (χ0) is 19.7. The van der Waals surface area contributed by atoms with Gasteiger partial charge in [-0.3, -0.25) is 0 Å². The van der Waals surface area contributed by atoms with Gasteiger partial charge in [0.05, 0.1) is 23.6 Å². The Morgan fingerprint density at radius 3 is 2.29 bits per heavy atom. The Balaban J connectivity index is 1.86. The Labute approximate surface area is 167 Å². The molecule has 0 bridgehead atoms. The van der Waals surface area contributed by atoms with Crippen LogP contribution in [0.2, 0.25) is 5.02 Å². The molecule has 0 aliphatic heterocycles. The van der Waals surface area contributed by atoms with E-state index in [-0.39, 0.29) is 5.75 Å². The number of aromatic hydroxyl groups is 1. The fourth-order valence-corrected chi connectivity index (χ4v) is 3.44. The van der Waals surface area contributed by atoms with Crippen molar-refractivity contribution in [3.05, 3.63) is 83.5 Å². The van der Waals surface area contributed by atoms with Crippen LogP contribution in [0.5, 0.6) is 5.75 Å². The molecular weight excluding hydrogens is 372 g/mol. The lowest BCUT2D eigenvalue weighted by Crippen LogP contribution is -2.08. The Hall–Kier alpha value is -3.44. The molecule has 5 N–H and O–H groups in total. The van der Waals surface area contributed by atoms with Crippen molar-refractivity contribution >= 4 is 23.1 Å². The van der Waals surface area contributed by atoms with Gasteiger partial charge in [-0.15, -0.1) is 0 Å². The van der Waals surface area contributed by atoms with Crippen LogP contribution in [0.15, 0.2) is 72.8 Å². The third-order valence-electron chi connectivity index (χ3n) is 4.63. The summed E-state index contributed by atoms with van der Waals surface area (Å²) in [6.07, 6.45) is 0. The van der Waals surface area contributed by atoms with Crippen molar-refractivity contribution in [2.24, 2.45) is 0 Å². The molecule has 0 aliphatic rings. The van der Waals surface area contributed by atoms with Crippen LogP contribution in [0, 0.1) is 0 Å². The largest absolute Gasteiger partial charge is 0.508 e. The lowest BCUT2D eigenvalue weighted by Gasteiger charge is -2.15. The van der Waals surface area contributed by atoms with Gasteiger partial charge < -0.3 is 21.1 Å². The molecule has 0 amide bonds. The van der Waals surface area contributed by atoms with Gasteiger partial charge in [-0.25, -0.2) is 4.98 Å². The van der Waals surface area contributed by atoms with Crippen molar-refractivity contribution in [3.63, 3.8) is 0 Å². The summed E-state index contributed by atoms with van der Waals surface area (Å²) in [6.45, 7) is 0.494. The number of rotatable bonds is 4. The Morgan fingerprint density at radius 2 is 1.57 bits per heavy atom. The van der Waals surface area contributed by atoms with Crippen molar-refractivity contribution in [2.45, 2.75) is 6.54 Å². The zero-order valence-electron chi connectivity index (χ0n) is 15.0. The van der Waals surface area contributed by atoms with E-state index >= 15 is 0 Å². The lowest BCUT2D eigenvalue weighted by molar-refractivity contribution is 0.475. The average Bonchev–Trinajstić information content (AvgIpc) is 3.09. The van der Waals surface area contributed by atoms with E-state index in [1.54, 1.807) is 18.2 Å². The van der Waals surface area contributed by atoms with E-state index in [1.807, 2.05) is 54.6 Å². The number of benzene rings is 2. The number of halogens is 1. The number of anilines is 2. The van der Waals surface area contributed by atoms with Crippen molar-refractivity contribution < 1.29 is 5.11 Å². The van der Waals surface area contributed by atoms with Crippen molar-refractivity contribution in [3.8, 4) is 28.3 Å². The molecule has 6 heteroatoms. The summed E-state index contributed by atoms with van der Waals surface area (Å²) in [5, 5.41) is 10.3. The SMILES string of the molecule is Nc1ccc(Cn2c(-c3ccc(O)cc3)ccc2-c2ccccc2Cl)nc1N. The van der Waals surface area contributed by atoms with E-state index in [0.29, 0.717) is 23.1 Å². The number of nitrogens with zero attached hydrogens (tertiary/aromatic N) is 2. The predicted octanol–water partition coefficient (Wildman–Crippen LogP) is 4.79. The molecule has 0 unspecified atom stereocenters. The average molecular weight is 391 g/mol. The molecule has 0 saturated heterocycles. The normalized spacial score (nSPS) is 10.9. The third kappa shape index (κ3) is 3.40. The molecule has 4 aromatic rings. The molecule has 0 atom stereocenters. The fourth-order valence-electron chi connectivity index (χ4n) is 3.20. The van der Waals surface area contributed by atoms with Gasteiger partial charge in [-0.2, -0.15) is 0 Å². The summed E-state index contributed by atoms with van der Waals surface area (Å²) in [5.41, 5.74) is 16.8. The maximum Gasteiger partial charge on any atom is 0.146 e. The second kappa shape index (κ2) is 7.29. The second-order valence-electron chi connectivity index (χ2n) is 6.49. The standard InChI is InChI=1S/C22H19ClN4O/c23-18-4-2-1-3-17(18)21-12-11-20(14-5-8-16(28)9-6-14)27(21)13-15-7-10-19(24)22(25)26-15/h1-12,28H,13,24H2,(H2,25,26). The fraction of sp³-hybridized carbons (Fsp3) is 0.0455. The summed E-state index contributed by atoms with van der Waals surface area (Å²) < 4.78 is 2.13. The monoisotopic (exact) mass is 390 g/mol. The lowest BCUT2D eigenvalue weighted by atomic mass is 10.1. The Bertz CT molecular complexity index is 1140. The minimum Gasteiger partial charge on any atom is -0.508 e. The highest BCUT2D eigenvalue weighted by Crippen LogP contribution is 2.34. The number of hydrogen-bond donors (Lipinski definition) is 3. The van der Waals surface area contributed by atoms with Gasteiger partial charge in [0.15, 0.2) is 0 Å². The number of phenolic OH excluding ortho intramolecular Hbond substituents is 1. The van der Waals surface area contributed by atoms with E-state index in [4.69, 9.17) is 23.1 Å². The van der Waals surface area contributed by atoms with Crippen LogP contribution in [0.25, 0.3) is 22.5 Å². The minimum atomic E-state index is 0.223. The van der Waals surface area contributed by atoms with Crippen LogP contribution in [-0.2, 0) is 6.54 Å². The predicted molar refractivity (Wildman–Crippen MR) is 114 cm³/mol. The highest BCUT2D eigenvalue weighted by molar-refractivity contribution is 6.33. The third-order valence-corrected chi connectivity index (χ3v) is 4.96. The summed E-state index contributed by atoms with van der Waals surface area (Å²) in [4.78, 5) is 4.41. The first kappa shape index (κ1) is 17.9. The molecule has 0 spiro atoms. The van der Waals surface area contributed by atoms with Gasteiger partial charge in [0.1, 0.15) is 11.6 Å². The maximum atomic E-state index is 9.62. The Morgan fingerprint density at radius 1 is 0.857 bits per heavy atom. The summed E-state index contributed by atoms with van der Waals surface area (Å²) in [5.74, 6) is 0.538. The first-order valence-electron chi connectivity index (χ1n) is 8.77. The Kier molecular flexibility index (Phi) is 4.67.